The van der Waals surface area contributed by atoms with Gasteiger partial charge in [-0.3, -0.25) is 19.2 Å². The predicted molar refractivity (Wildman–Crippen MR) is 114 cm³/mol. The molecule has 2 aliphatic heterocycles. The Balaban J connectivity index is 2.05. The number of esters is 4. The molecule has 1 saturated heterocycles. The van der Waals surface area contributed by atoms with E-state index in [9.17, 15) is 19.2 Å². The molecule has 0 unspecified atom stereocenters. The van der Waals surface area contributed by atoms with Gasteiger partial charge in [-0.15, -0.1) is 0 Å². The van der Waals surface area contributed by atoms with E-state index in [1.54, 1.807) is 0 Å². The Bertz CT molecular complexity index is 931. The monoisotopic (exact) mass is 463 g/mol. The lowest BCUT2D eigenvalue weighted by atomic mass is 9.96. The molecule has 33 heavy (non-hydrogen) atoms. The summed E-state index contributed by atoms with van der Waals surface area (Å²) in [7, 11) is 0. The third-order valence-corrected chi connectivity index (χ3v) is 5.57. The Hall–Kier alpha value is -3.14. The number of fused-ring (bicyclic) bond motifs is 1. The van der Waals surface area contributed by atoms with E-state index >= 15 is 0 Å². The van der Waals surface area contributed by atoms with Crippen LogP contribution in [0.1, 0.15) is 38.8 Å². The lowest BCUT2D eigenvalue weighted by Gasteiger charge is -2.47. The van der Waals surface area contributed by atoms with Gasteiger partial charge >= 0.3 is 23.9 Å². The van der Waals surface area contributed by atoms with Crippen molar-refractivity contribution in [3.05, 3.63) is 29.3 Å². The van der Waals surface area contributed by atoms with Gasteiger partial charge in [-0.25, -0.2) is 0 Å². The Kier molecular flexibility index (Phi) is 7.57. The molecule has 0 amide bonds. The van der Waals surface area contributed by atoms with Crippen molar-refractivity contribution in [2.24, 2.45) is 0 Å². The van der Waals surface area contributed by atoms with Crippen LogP contribution in [-0.4, -0.2) is 67.7 Å². The molecule has 10 nitrogen and oxygen atoms in total. The van der Waals surface area contributed by atoms with Crippen molar-refractivity contribution in [2.75, 3.05) is 18.1 Å². The van der Waals surface area contributed by atoms with Crippen LogP contribution in [0, 0.1) is 6.92 Å². The zero-order valence-electron chi connectivity index (χ0n) is 19.4. The quantitative estimate of drug-likeness (QED) is 0.453. The zero-order chi connectivity index (χ0) is 24.3. The van der Waals surface area contributed by atoms with E-state index in [1.165, 1.54) is 27.7 Å². The number of benzene rings is 1. The van der Waals surface area contributed by atoms with E-state index in [0.29, 0.717) is 6.54 Å². The second-order valence-corrected chi connectivity index (χ2v) is 8.11. The maximum Gasteiger partial charge on any atom is 0.303 e. The molecule has 0 bridgehead atoms. The average Bonchev–Trinajstić information content (AvgIpc) is 3.14. The molecule has 1 fully saturated rings. The number of ether oxygens (including phenoxy) is 5. The fourth-order valence-corrected chi connectivity index (χ4v) is 4.35. The molecule has 10 heteroatoms. The third kappa shape index (κ3) is 5.62. The largest absolute Gasteiger partial charge is 0.463 e. The van der Waals surface area contributed by atoms with Gasteiger partial charge in [-0.05, 0) is 30.5 Å². The predicted octanol–water partition coefficient (Wildman–Crippen LogP) is 1.44. The number of anilines is 1. The van der Waals surface area contributed by atoms with E-state index in [-0.39, 0.29) is 6.61 Å². The normalized spacial score (nSPS) is 26.2. The molecule has 180 valence electrons. The standard InChI is InChI=1S/C23H29NO9/c1-12-7-6-8-18-17(12)9-10-24(18)23-22(32-16(5)28)21(31-15(4)27)20(30-14(3)26)19(33-23)11-29-13(2)25/h6-8,19-23H,9-11H2,1-5H3/t19-,20-,21+,22-,23-/m1/s1. The molecule has 0 aromatic heterocycles. The third-order valence-electron chi connectivity index (χ3n) is 5.57. The van der Waals surface area contributed by atoms with Gasteiger partial charge in [0, 0.05) is 39.9 Å². The first kappa shape index (κ1) is 24.5. The smallest absolute Gasteiger partial charge is 0.303 e. The summed E-state index contributed by atoms with van der Waals surface area (Å²) in [5.74, 6) is -2.48. The summed E-state index contributed by atoms with van der Waals surface area (Å²) in [6, 6.07) is 5.86. The molecule has 2 aliphatic rings. The highest BCUT2D eigenvalue weighted by Gasteiger charge is 2.54. The van der Waals surface area contributed by atoms with Crippen LogP contribution in [-0.2, 0) is 49.3 Å². The Labute approximate surface area is 192 Å². The maximum atomic E-state index is 12.0. The number of carbonyl (C=O) groups excluding carboxylic acids is 4. The van der Waals surface area contributed by atoms with Gasteiger partial charge in [0.25, 0.3) is 0 Å². The molecule has 0 N–H and O–H groups in total. The maximum absolute atomic E-state index is 12.0. The Morgan fingerprint density at radius 2 is 1.52 bits per heavy atom. The highest BCUT2D eigenvalue weighted by Crippen LogP contribution is 2.38. The van der Waals surface area contributed by atoms with Crippen LogP contribution >= 0.6 is 0 Å². The van der Waals surface area contributed by atoms with Gasteiger partial charge in [-0.1, -0.05) is 12.1 Å². The first-order valence-electron chi connectivity index (χ1n) is 10.7. The highest BCUT2D eigenvalue weighted by atomic mass is 16.7. The summed E-state index contributed by atoms with van der Waals surface area (Å²) in [5.41, 5.74) is 3.14. The molecule has 2 heterocycles. The van der Waals surface area contributed by atoms with Crippen LogP contribution in [0.15, 0.2) is 18.2 Å². The first-order chi connectivity index (χ1) is 15.6. The minimum Gasteiger partial charge on any atom is -0.463 e. The number of hydrogen-bond acceptors (Lipinski definition) is 10. The van der Waals surface area contributed by atoms with Gasteiger partial charge in [-0.2, -0.15) is 0 Å². The van der Waals surface area contributed by atoms with Crippen molar-refractivity contribution >= 4 is 29.6 Å². The van der Waals surface area contributed by atoms with Crippen LogP contribution in [0.2, 0.25) is 0 Å². The zero-order valence-corrected chi connectivity index (χ0v) is 19.4. The molecule has 0 spiro atoms. The van der Waals surface area contributed by atoms with E-state index in [0.717, 1.165) is 23.2 Å². The average molecular weight is 463 g/mol. The van der Waals surface area contributed by atoms with Crippen molar-refractivity contribution in [1.29, 1.82) is 0 Å². The second-order valence-electron chi connectivity index (χ2n) is 8.11. The van der Waals surface area contributed by atoms with E-state index in [2.05, 4.69) is 0 Å². The van der Waals surface area contributed by atoms with Gasteiger partial charge in [0.2, 0.25) is 0 Å². The lowest BCUT2D eigenvalue weighted by Crippen LogP contribution is -2.66. The fourth-order valence-electron chi connectivity index (χ4n) is 4.35. The summed E-state index contributed by atoms with van der Waals surface area (Å²) in [4.78, 5) is 49.2. The topological polar surface area (TPSA) is 118 Å². The molecule has 1 aromatic rings. The van der Waals surface area contributed by atoms with Crippen LogP contribution < -0.4 is 4.90 Å². The SMILES string of the molecule is CC(=O)OC[C@H]1O[C@@H](N2CCc3c(C)cccc32)[C@H](OC(C)=O)[C@@H](OC(C)=O)[C@@H]1OC(C)=O. The minimum atomic E-state index is -1.18. The van der Waals surface area contributed by atoms with Crippen LogP contribution in [0.5, 0.6) is 0 Å². The molecule has 0 saturated carbocycles. The van der Waals surface area contributed by atoms with E-state index < -0.39 is 54.5 Å². The molecule has 5 atom stereocenters. The Morgan fingerprint density at radius 3 is 2.12 bits per heavy atom. The number of nitrogens with zero attached hydrogens (tertiary/aromatic N) is 1. The van der Waals surface area contributed by atoms with Gasteiger partial charge < -0.3 is 28.6 Å². The van der Waals surface area contributed by atoms with Gasteiger partial charge in [0.15, 0.2) is 24.5 Å². The van der Waals surface area contributed by atoms with Crippen LogP contribution in [0.3, 0.4) is 0 Å². The van der Waals surface area contributed by atoms with Crippen molar-refractivity contribution in [3.8, 4) is 0 Å². The summed E-state index contributed by atoms with van der Waals surface area (Å²) in [5, 5.41) is 0. The molecule has 3 rings (SSSR count). The highest BCUT2D eigenvalue weighted by molar-refractivity contribution is 5.69. The minimum absolute atomic E-state index is 0.247. The van der Waals surface area contributed by atoms with Crippen molar-refractivity contribution in [2.45, 2.75) is 71.7 Å². The molecular formula is C23H29NO9. The molecular weight excluding hydrogens is 434 g/mol. The van der Waals surface area contributed by atoms with Crippen LogP contribution in [0.25, 0.3) is 0 Å². The molecule has 0 radical (unpaired) electrons. The summed E-state index contributed by atoms with van der Waals surface area (Å²) < 4.78 is 27.9. The lowest BCUT2D eigenvalue weighted by molar-refractivity contribution is -0.252. The van der Waals surface area contributed by atoms with Gasteiger partial charge in [0.05, 0.1) is 0 Å². The van der Waals surface area contributed by atoms with Crippen molar-refractivity contribution < 1.29 is 42.9 Å². The molecule has 0 aliphatic carbocycles. The number of carbonyl (C=O) groups is 4. The summed E-state index contributed by atoms with van der Waals surface area (Å²) >= 11 is 0. The second kappa shape index (κ2) is 10.2. The van der Waals surface area contributed by atoms with E-state index in [4.69, 9.17) is 23.7 Å². The molecule has 1 aromatic carbocycles. The van der Waals surface area contributed by atoms with E-state index in [1.807, 2.05) is 30.0 Å². The number of rotatable bonds is 6. The van der Waals surface area contributed by atoms with Crippen LogP contribution in [0.4, 0.5) is 5.69 Å². The summed E-state index contributed by atoms with van der Waals surface area (Å²) in [6.45, 7) is 7.20. The first-order valence-corrected chi connectivity index (χ1v) is 10.7. The van der Waals surface area contributed by atoms with Crippen molar-refractivity contribution in [1.82, 2.24) is 0 Å². The van der Waals surface area contributed by atoms with Crippen molar-refractivity contribution in [3.63, 3.8) is 0 Å². The fraction of sp³-hybridized carbons (Fsp3) is 0.565. The summed E-state index contributed by atoms with van der Waals surface area (Å²) in [6.07, 6.45) is -4.54. The number of aryl methyl sites for hydroxylation is 1. The van der Waals surface area contributed by atoms with Gasteiger partial charge in [0.1, 0.15) is 12.7 Å². The Morgan fingerprint density at radius 1 is 0.909 bits per heavy atom. The number of hydrogen-bond donors (Lipinski definition) is 0.